The first kappa shape index (κ1) is 27.1. The van der Waals surface area contributed by atoms with E-state index in [9.17, 15) is 9.59 Å². The van der Waals surface area contributed by atoms with Gasteiger partial charge in [0.15, 0.2) is 0 Å². The van der Waals surface area contributed by atoms with Crippen molar-refractivity contribution in [1.29, 1.82) is 0 Å². The summed E-state index contributed by atoms with van der Waals surface area (Å²) in [6, 6.07) is 10.3. The Kier molecular flexibility index (Phi) is 12.3. The topological polar surface area (TPSA) is 82.9 Å². The van der Waals surface area contributed by atoms with Crippen LogP contribution >= 0.6 is 46.4 Å². The lowest BCUT2D eigenvalue weighted by molar-refractivity contribution is -0.121. The molecule has 0 fully saturated rings. The second-order valence-electron chi connectivity index (χ2n) is 7.12. The van der Waals surface area contributed by atoms with Gasteiger partial charge in [0.05, 0.1) is 32.5 Å². The molecule has 6 nitrogen and oxygen atoms in total. The lowest BCUT2D eigenvalue weighted by atomic mass is 10.1. The molecule has 0 bridgehead atoms. The lowest BCUT2D eigenvalue weighted by Gasteiger charge is -2.03. The maximum Gasteiger partial charge on any atom is 0.240 e. The van der Waals surface area contributed by atoms with Crippen LogP contribution in [0.3, 0.4) is 0 Å². The highest BCUT2D eigenvalue weighted by Crippen LogP contribution is 2.23. The molecule has 0 aliphatic rings. The number of amides is 2. The molecule has 2 aromatic carbocycles. The zero-order valence-corrected chi connectivity index (χ0v) is 20.8. The van der Waals surface area contributed by atoms with E-state index in [1.165, 1.54) is 12.4 Å². The molecule has 0 unspecified atom stereocenters. The average Bonchev–Trinajstić information content (AvgIpc) is 2.77. The van der Waals surface area contributed by atoms with Crippen LogP contribution < -0.4 is 10.9 Å². The molecular weight excluding hydrogens is 506 g/mol. The van der Waals surface area contributed by atoms with Crippen LogP contribution in [0.15, 0.2) is 46.6 Å². The summed E-state index contributed by atoms with van der Waals surface area (Å²) in [7, 11) is 0. The van der Waals surface area contributed by atoms with E-state index in [1.54, 1.807) is 36.4 Å². The predicted octanol–water partition coefficient (Wildman–Crippen LogP) is 6.63. The van der Waals surface area contributed by atoms with E-state index in [2.05, 4.69) is 21.1 Å². The van der Waals surface area contributed by atoms with Gasteiger partial charge >= 0.3 is 0 Å². The third-order valence-corrected chi connectivity index (χ3v) is 5.89. The van der Waals surface area contributed by atoms with Crippen molar-refractivity contribution in [2.24, 2.45) is 10.2 Å². The number of benzene rings is 2. The fourth-order valence-corrected chi connectivity index (χ4v) is 3.81. The minimum absolute atomic E-state index is 0.176. The highest BCUT2D eigenvalue weighted by atomic mass is 35.5. The molecule has 0 aliphatic carbocycles. The zero-order valence-electron chi connectivity index (χ0n) is 17.8. The number of halogens is 4. The normalized spacial score (nSPS) is 11.3. The van der Waals surface area contributed by atoms with Crippen molar-refractivity contribution in [1.82, 2.24) is 10.9 Å². The molecule has 0 atom stereocenters. The van der Waals surface area contributed by atoms with Crippen LogP contribution in [0.1, 0.15) is 56.1 Å². The highest BCUT2D eigenvalue weighted by molar-refractivity contribution is 6.39. The number of unbranched alkanes of at least 4 members (excludes halogenated alkanes) is 4. The van der Waals surface area contributed by atoms with Crippen molar-refractivity contribution in [3.05, 3.63) is 67.6 Å². The molecule has 0 heterocycles. The molecule has 2 aromatic rings. The molecule has 0 aromatic heterocycles. The number of carbonyl (C=O) groups is 2. The summed E-state index contributed by atoms with van der Waals surface area (Å²) in [5.41, 5.74) is 6.06. The van der Waals surface area contributed by atoms with Crippen molar-refractivity contribution in [2.45, 2.75) is 44.9 Å². The minimum atomic E-state index is -0.176. The van der Waals surface area contributed by atoms with E-state index in [0.29, 0.717) is 44.1 Å². The van der Waals surface area contributed by atoms with Gasteiger partial charge in [0.2, 0.25) is 11.8 Å². The van der Waals surface area contributed by atoms with Gasteiger partial charge in [-0.15, -0.1) is 0 Å². The Bertz CT molecular complexity index is 892. The molecule has 0 radical (unpaired) electrons. The van der Waals surface area contributed by atoms with Crippen molar-refractivity contribution in [3.63, 3.8) is 0 Å². The summed E-state index contributed by atoms with van der Waals surface area (Å²) in [5.74, 6) is -0.351. The van der Waals surface area contributed by atoms with E-state index < -0.39 is 0 Å². The monoisotopic (exact) mass is 528 g/mol. The Morgan fingerprint density at radius 1 is 0.636 bits per heavy atom. The highest BCUT2D eigenvalue weighted by Gasteiger charge is 2.05. The van der Waals surface area contributed by atoms with E-state index in [0.717, 1.165) is 32.1 Å². The molecule has 2 amide bonds. The SMILES string of the molecule is O=C(CCCCCCCC(=O)NN=Cc1c(Cl)cccc1Cl)NN=Cc1c(Cl)cccc1Cl. The first-order valence-corrected chi connectivity index (χ1v) is 11.9. The van der Waals surface area contributed by atoms with Crippen LogP contribution in [0, 0.1) is 0 Å². The Hall–Kier alpha value is -2.12. The first-order chi connectivity index (χ1) is 15.9. The maximum absolute atomic E-state index is 11.9. The quantitative estimate of drug-likeness (QED) is 0.184. The predicted molar refractivity (Wildman–Crippen MR) is 137 cm³/mol. The lowest BCUT2D eigenvalue weighted by Crippen LogP contribution is -2.17. The standard InChI is InChI=1S/C23H24Cl4N4O2/c24-18-8-6-9-19(25)16(18)14-28-30-22(32)12-4-2-1-3-5-13-23(33)31-29-15-17-20(26)10-7-11-21(17)27/h6-11,14-15H,1-5,12-13H2,(H,30,32)(H,31,33). The molecule has 0 spiro atoms. The Labute approximate surface area is 213 Å². The van der Waals surface area contributed by atoms with Gasteiger partial charge in [-0.1, -0.05) is 77.8 Å². The molecule has 2 N–H and O–H groups in total. The van der Waals surface area contributed by atoms with Gasteiger partial charge < -0.3 is 0 Å². The van der Waals surface area contributed by atoms with Crippen LogP contribution in [-0.2, 0) is 9.59 Å². The van der Waals surface area contributed by atoms with Crippen molar-refractivity contribution in [2.75, 3.05) is 0 Å². The second kappa shape index (κ2) is 14.9. The maximum atomic E-state index is 11.9. The van der Waals surface area contributed by atoms with Gasteiger partial charge in [-0.05, 0) is 37.1 Å². The number of nitrogens with one attached hydrogen (secondary N) is 2. The molecule has 10 heteroatoms. The summed E-state index contributed by atoms with van der Waals surface area (Å²) >= 11 is 24.2. The first-order valence-electron chi connectivity index (χ1n) is 10.4. The summed E-state index contributed by atoms with van der Waals surface area (Å²) < 4.78 is 0. The van der Waals surface area contributed by atoms with Gasteiger partial charge in [0, 0.05) is 24.0 Å². The van der Waals surface area contributed by atoms with Gasteiger partial charge in [0.25, 0.3) is 0 Å². The molecular formula is C23H24Cl4N4O2. The van der Waals surface area contributed by atoms with Crippen molar-refractivity contribution >= 4 is 70.6 Å². The molecule has 2 rings (SSSR count). The van der Waals surface area contributed by atoms with Crippen LogP contribution in [0.5, 0.6) is 0 Å². The van der Waals surface area contributed by atoms with Crippen LogP contribution in [0.4, 0.5) is 0 Å². The molecule has 0 aliphatic heterocycles. The van der Waals surface area contributed by atoms with Crippen molar-refractivity contribution < 1.29 is 9.59 Å². The van der Waals surface area contributed by atoms with Gasteiger partial charge in [-0.3, -0.25) is 9.59 Å². The Morgan fingerprint density at radius 2 is 0.970 bits per heavy atom. The molecule has 33 heavy (non-hydrogen) atoms. The van der Waals surface area contributed by atoms with E-state index in [1.807, 2.05) is 0 Å². The number of hydrogen-bond acceptors (Lipinski definition) is 4. The smallest absolute Gasteiger partial charge is 0.240 e. The molecule has 0 saturated heterocycles. The summed E-state index contributed by atoms with van der Waals surface area (Å²) in [6.45, 7) is 0. The fraction of sp³-hybridized carbons (Fsp3) is 0.304. The second-order valence-corrected chi connectivity index (χ2v) is 8.75. The van der Waals surface area contributed by atoms with Crippen LogP contribution in [0.2, 0.25) is 20.1 Å². The van der Waals surface area contributed by atoms with Gasteiger partial charge in [0.1, 0.15) is 0 Å². The number of rotatable bonds is 12. The van der Waals surface area contributed by atoms with Crippen molar-refractivity contribution in [3.8, 4) is 0 Å². The van der Waals surface area contributed by atoms with E-state index in [-0.39, 0.29) is 11.8 Å². The summed E-state index contributed by atoms with van der Waals surface area (Å²) in [4.78, 5) is 23.7. The molecule has 0 saturated carbocycles. The van der Waals surface area contributed by atoms with Gasteiger partial charge in [-0.25, -0.2) is 10.9 Å². The van der Waals surface area contributed by atoms with E-state index in [4.69, 9.17) is 46.4 Å². The number of nitrogens with zero attached hydrogens (tertiary/aromatic N) is 2. The average molecular weight is 530 g/mol. The molecule has 176 valence electrons. The minimum Gasteiger partial charge on any atom is -0.273 e. The number of hydrazone groups is 2. The number of carbonyl (C=O) groups excluding carboxylic acids is 2. The summed E-state index contributed by atoms with van der Waals surface area (Å²) in [6.07, 6.45) is 7.78. The Morgan fingerprint density at radius 3 is 1.33 bits per heavy atom. The van der Waals surface area contributed by atoms with E-state index >= 15 is 0 Å². The zero-order chi connectivity index (χ0) is 24.1. The fourth-order valence-electron chi connectivity index (χ4n) is 2.82. The Balaban J connectivity index is 1.53. The van der Waals surface area contributed by atoms with Gasteiger partial charge in [-0.2, -0.15) is 10.2 Å². The third-order valence-electron chi connectivity index (χ3n) is 4.57. The van der Waals surface area contributed by atoms with Crippen LogP contribution in [0.25, 0.3) is 0 Å². The summed E-state index contributed by atoms with van der Waals surface area (Å²) in [5, 5.41) is 9.66. The third kappa shape index (κ3) is 10.1. The largest absolute Gasteiger partial charge is 0.273 e. The number of hydrogen-bond donors (Lipinski definition) is 2. The van der Waals surface area contributed by atoms with Crippen LogP contribution in [-0.4, -0.2) is 24.2 Å².